The van der Waals surface area contributed by atoms with E-state index in [-0.39, 0.29) is 10.9 Å². The molecule has 2 aromatic heterocycles. The molecule has 0 saturated carbocycles. The van der Waals surface area contributed by atoms with Gasteiger partial charge < -0.3 is 15.2 Å². The predicted octanol–water partition coefficient (Wildman–Crippen LogP) is 1.68. The van der Waals surface area contributed by atoms with E-state index in [1.807, 2.05) is 7.05 Å². The van der Waals surface area contributed by atoms with E-state index in [4.69, 9.17) is 14.5 Å². The van der Waals surface area contributed by atoms with Gasteiger partial charge in [-0.3, -0.25) is 0 Å². The maximum atomic E-state index is 13.5. The van der Waals surface area contributed by atoms with Crippen LogP contribution in [0.2, 0.25) is 0 Å². The van der Waals surface area contributed by atoms with Gasteiger partial charge in [0.25, 0.3) is 0 Å². The molecule has 2 aromatic rings. The highest BCUT2D eigenvalue weighted by Gasteiger charge is 2.39. The number of nitrogens with one attached hydrogen (secondary N) is 2. The van der Waals surface area contributed by atoms with Crippen LogP contribution in [-0.4, -0.2) is 48.0 Å². The van der Waals surface area contributed by atoms with Crippen molar-refractivity contribution in [2.45, 2.75) is 57.0 Å². The summed E-state index contributed by atoms with van der Waals surface area (Å²) in [5.41, 5.74) is 2.44. The first-order chi connectivity index (χ1) is 13.4. The molecular formula is C18H26N6O3S. The number of sulfonamides is 1. The normalized spacial score (nSPS) is 20.8. The third-order valence-corrected chi connectivity index (χ3v) is 7.63. The number of aromatic nitrogens is 3. The molecule has 0 aromatic carbocycles. The molecule has 1 fully saturated rings. The van der Waals surface area contributed by atoms with E-state index in [1.165, 1.54) is 4.31 Å². The van der Waals surface area contributed by atoms with Crippen molar-refractivity contribution in [3.8, 4) is 0 Å². The van der Waals surface area contributed by atoms with Crippen LogP contribution < -0.4 is 10.6 Å². The van der Waals surface area contributed by atoms with Crippen molar-refractivity contribution in [2.75, 3.05) is 25.5 Å². The quantitative estimate of drug-likeness (QED) is 0.789. The monoisotopic (exact) mass is 406 g/mol. The minimum Gasteiger partial charge on any atom is -0.373 e. The lowest BCUT2D eigenvalue weighted by Gasteiger charge is -2.34. The number of aryl methyl sites for hydroxylation is 2. The maximum Gasteiger partial charge on any atom is 0.249 e. The Morgan fingerprint density at radius 1 is 1.25 bits per heavy atom. The highest BCUT2D eigenvalue weighted by Crippen LogP contribution is 2.36. The van der Waals surface area contributed by atoms with Crippen molar-refractivity contribution in [1.82, 2.24) is 24.7 Å². The summed E-state index contributed by atoms with van der Waals surface area (Å²) in [7, 11) is -1.92. The lowest BCUT2D eigenvalue weighted by molar-refractivity contribution is 0.245. The van der Waals surface area contributed by atoms with Crippen molar-refractivity contribution in [3.63, 3.8) is 0 Å². The third kappa shape index (κ3) is 3.19. The Hall–Kier alpha value is -2.04. The Kier molecular flexibility index (Phi) is 5.11. The standard InChI is InChI=1S/C18H26N6O3S/c1-11-16(12(2)27-23-11)28(25,26)24-9-5-4-6-15(24)18-21-14-7-8-20-10-13(14)17(19-3)22-18/h15,20H,4-10H2,1-3H3,(H,19,21,22)/t15-/m1/s1. The van der Waals surface area contributed by atoms with Gasteiger partial charge in [-0.2, -0.15) is 4.31 Å². The summed E-state index contributed by atoms with van der Waals surface area (Å²) in [5, 5.41) is 10.3. The second-order valence-electron chi connectivity index (χ2n) is 7.31. The van der Waals surface area contributed by atoms with Crippen molar-refractivity contribution >= 4 is 15.8 Å². The second kappa shape index (κ2) is 7.41. The topological polar surface area (TPSA) is 113 Å². The molecule has 0 bridgehead atoms. The number of hydrogen-bond acceptors (Lipinski definition) is 8. The highest BCUT2D eigenvalue weighted by molar-refractivity contribution is 7.89. The fourth-order valence-corrected chi connectivity index (χ4v) is 6.08. The lowest BCUT2D eigenvalue weighted by Crippen LogP contribution is -2.40. The summed E-state index contributed by atoms with van der Waals surface area (Å²) < 4.78 is 33.6. The van der Waals surface area contributed by atoms with Gasteiger partial charge >= 0.3 is 0 Å². The zero-order valence-corrected chi connectivity index (χ0v) is 17.3. The largest absolute Gasteiger partial charge is 0.373 e. The number of nitrogens with zero attached hydrogens (tertiary/aromatic N) is 4. The number of rotatable bonds is 4. The van der Waals surface area contributed by atoms with Crippen molar-refractivity contribution in [1.29, 1.82) is 0 Å². The molecular weight excluding hydrogens is 380 g/mol. The smallest absolute Gasteiger partial charge is 0.249 e. The summed E-state index contributed by atoms with van der Waals surface area (Å²) in [6, 6.07) is -0.389. The maximum absolute atomic E-state index is 13.5. The molecule has 2 N–H and O–H groups in total. The summed E-state index contributed by atoms with van der Waals surface area (Å²) >= 11 is 0. The van der Waals surface area contributed by atoms with Crippen molar-refractivity contribution in [2.24, 2.45) is 0 Å². The van der Waals surface area contributed by atoms with E-state index >= 15 is 0 Å². The summed E-state index contributed by atoms with van der Waals surface area (Å²) in [4.78, 5) is 9.67. The molecule has 0 unspecified atom stereocenters. The molecule has 9 nitrogen and oxygen atoms in total. The molecule has 152 valence electrons. The molecule has 4 heterocycles. The summed E-state index contributed by atoms with van der Waals surface area (Å²) in [6.45, 7) is 5.31. The zero-order valence-electron chi connectivity index (χ0n) is 16.4. The molecule has 2 aliphatic heterocycles. The first kappa shape index (κ1) is 19.3. The first-order valence-electron chi connectivity index (χ1n) is 9.66. The van der Waals surface area contributed by atoms with Gasteiger partial charge in [0, 0.05) is 38.7 Å². The van der Waals surface area contributed by atoms with Crippen molar-refractivity contribution < 1.29 is 12.9 Å². The van der Waals surface area contributed by atoms with Crippen LogP contribution in [0.15, 0.2) is 9.42 Å². The third-order valence-electron chi connectivity index (χ3n) is 5.47. The van der Waals surface area contributed by atoms with E-state index in [1.54, 1.807) is 13.8 Å². The number of fused-ring (bicyclic) bond motifs is 1. The fraction of sp³-hybridized carbons (Fsp3) is 0.611. The fourth-order valence-electron chi connectivity index (χ4n) is 4.13. The van der Waals surface area contributed by atoms with E-state index in [0.29, 0.717) is 30.2 Å². The molecule has 1 saturated heterocycles. The van der Waals surface area contributed by atoms with Gasteiger partial charge in [0.1, 0.15) is 22.2 Å². The van der Waals surface area contributed by atoms with E-state index in [9.17, 15) is 8.42 Å². The predicted molar refractivity (Wildman–Crippen MR) is 103 cm³/mol. The average Bonchev–Trinajstić information content (AvgIpc) is 3.06. The minimum absolute atomic E-state index is 0.162. The molecule has 0 radical (unpaired) electrons. The van der Waals surface area contributed by atoms with Gasteiger partial charge in [0.15, 0.2) is 5.76 Å². The molecule has 0 spiro atoms. The molecule has 0 amide bonds. The molecule has 28 heavy (non-hydrogen) atoms. The van der Waals surface area contributed by atoms with Gasteiger partial charge in [-0.25, -0.2) is 18.4 Å². The van der Waals surface area contributed by atoms with Gasteiger partial charge in [0.2, 0.25) is 10.0 Å². The Balaban J connectivity index is 1.78. The number of hydrogen-bond donors (Lipinski definition) is 2. The second-order valence-corrected chi connectivity index (χ2v) is 9.14. The number of piperidine rings is 1. The Labute approximate surface area is 165 Å². The van der Waals surface area contributed by atoms with Crippen LogP contribution in [0.3, 0.4) is 0 Å². The summed E-state index contributed by atoms with van der Waals surface area (Å²) in [5.74, 6) is 1.66. The molecule has 1 atom stereocenters. The molecule has 0 aliphatic carbocycles. The van der Waals surface area contributed by atoms with Crippen molar-refractivity contribution in [3.05, 3.63) is 28.5 Å². The van der Waals surface area contributed by atoms with Crippen LogP contribution in [-0.2, 0) is 23.0 Å². The number of anilines is 1. The SMILES string of the molecule is CNc1nc([C@H]2CCCCN2S(=O)(=O)c2c(C)noc2C)nc2c1CNCC2. The van der Waals surface area contributed by atoms with Crippen LogP contribution in [0.25, 0.3) is 0 Å². The van der Waals surface area contributed by atoms with Crippen LogP contribution in [0.4, 0.5) is 5.82 Å². The molecule has 10 heteroatoms. The van der Waals surface area contributed by atoms with E-state index in [2.05, 4.69) is 15.8 Å². The average molecular weight is 407 g/mol. The van der Waals surface area contributed by atoms with E-state index < -0.39 is 10.0 Å². The first-order valence-corrected chi connectivity index (χ1v) is 11.1. The Morgan fingerprint density at radius 2 is 2.07 bits per heavy atom. The minimum atomic E-state index is -3.75. The van der Waals surface area contributed by atoms with Crippen LogP contribution in [0, 0.1) is 13.8 Å². The zero-order chi connectivity index (χ0) is 19.9. The molecule has 2 aliphatic rings. The Bertz CT molecular complexity index is 951. The van der Waals surface area contributed by atoms with Crippen LogP contribution >= 0.6 is 0 Å². The lowest BCUT2D eigenvalue weighted by atomic mass is 10.0. The summed E-state index contributed by atoms with van der Waals surface area (Å²) in [6.07, 6.45) is 3.26. The van der Waals surface area contributed by atoms with Gasteiger partial charge in [0.05, 0.1) is 11.7 Å². The molecule has 4 rings (SSSR count). The van der Waals surface area contributed by atoms with E-state index in [0.717, 1.165) is 49.4 Å². The van der Waals surface area contributed by atoms with Gasteiger partial charge in [-0.15, -0.1) is 0 Å². The highest BCUT2D eigenvalue weighted by atomic mass is 32.2. The Morgan fingerprint density at radius 3 is 2.79 bits per heavy atom. The van der Waals surface area contributed by atoms with Gasteiger partial charge in [-0.1, -0.05) is 11.6 Å². The van der Waals surface area contributed by atoms with Crippen LogP contribution in [0.5, 0.6) is 0 Å². The van der Waals surface area contributed by atoms with Crippen LogP contribution in [0.1, 0.15) is 53.8 Å². The van der Waals surface area contributed by atoms with Gasteiger partial charge in [-0.05, 0) is 26.7 Å².